The molecule has 2 heterocycles. The Labute approximate surface area is 183 Å². The topological polar surface area (TPSA) is 74.3 Å². The molecule has 1 aliphatic heterocycles. The number of nitrogens with zero attached hydrogens (tertiary/aromatic N) is 2. The number of hydrogen-bond acceptors (Lipinski definition) is 6. The minimum Gasteiger partial charge on any atom is -0.380 e. The molecule has 1 fully saturated rings. The molecule has 158 valence electrons. The Morgan fingerprint density at radius 1 is 1.27 bits per heavy atom. The van der Waals surface area contributed by atoms with Gasteiger partial charge < -0.3 is 5.32 Å². The Morgan fingerprint density at radius 2 is 2.07 bits per heavy atom. The molecule has 10 heteroatoms. The molecule has 0 saturated carbocycles. The SMILES string of the molecule is O=S(=O)(Nc1cscn1)c1cc(Cl)c(N[C@H]2CCN(Cc3ccccc3)C2)cc1F. The summed E-state index contributed by atoms with van der Waals surface area (Å²) in [6.45, 7) is 2.55. The van der Waals surface area contributed by atoms with Crippen LogP contribution in [-0.2, 0) is 16.6 Å². The third-order valence-electron chi connectivity index (χ3n) is 4.86. The van der Waals surface area contributed by atoms with Gasteiger partial charge in [-0.15, -0.1) is 11.3 Å². The van der Waals surface area contributed by atoms with Gasteiger partial charge in [-0.3, -0.25) is 9.62 Å². The number of thiazole rings is 1. The first-order valence-electron chi connectivity index (χ1n) is 9.33. The molecule has 0 amide bonds. The van der Waals surface area contributed by atoms with Gasteiger partial charge in [0.1, 0.15) is 10.7 Å². The maximum absolute atomic E-state index is 14.6. The number of rotatable bonds is 7. The molecule has 1 saturated heterocycles. The van der Waals surface area contributed by atoms with Gasteiger partial charge in [-0.25, -0.2) is 17.8 Å². The molecule has 4 rings (SSSR count). The summed E-state index contributed by atoms with van der Waals surface area (Å²) in [6, 6.07) is 12.6. The van der Waals surface area contributed by atoms with Crippen molar-refractivity contribution in [1.82, 2.24) is 9.88 Å². The van der Waals surface area contributed by atoms with Crippen LogP contribution in [0.3, 0.4) is 0 Å². The van der Waals surface area contributed by atoms with Crippen molar-refractivity contribution in [2.45, 2.75) is 23.9 Å². The smallest absolute Gasteiger partial charge is 0.266 e. The van der Waals surface area contributed by atoms with Crippen molar-refractivity contribution < 1.29 is 12.8 Å². The summed E-state index contributed by atoms with van der Waals surface area (Å²) in [5.41, 5.74) is 3.11. The third kappa shape index (κ3) is 4.92. The van der Waals surface area contributed by atoms with Gasteiger partial charge >= 0.3 is 0 Å². The molecule has 30 heavy (non-hydrogen) atoms. The number of likely N-dealkylation sites (tertiary alicyclic amines) is 1. The maximum Gasteiger partial charge on any atom is 0.266 e. The van der Waals surface area contributed by atoms with E-state index in [4.69, 9.17) is 11.6 Å². The van der Waals surface area contributed by atoms with Gasteiger partial charge in [0.15, 0.2) is 5.82 Å². The van der Waals surface area contributed by atoms with Crippen LogP contribution >= 0.6 is 22.9 Å². The molecule has 1 atom stereocenters. The van der Waals surface area contributed by atoms with Crippen molar-refractivity contribution in [1.29, 1.82) is 0 Å². The fourth-order valence-electron chi connectivity index (χ4n) is 3.46. The molecular formula is C20H20ClFN4O2S2. The fraction of sp³-hybridized carbons (Fsp3) is 0.250. The van der Waals surface area contributed by atoms with E-state index in [-0.39, 0.29) is 16.9 Å². The highest BCUT2D eigenvalue weighted by atomic mass is 35.5. The van der Waals surface area contributed by atoms with Crippen LogP contribution in [0.15, 0.2) is 58.3 Å². The summed E-state index contributed by atoms with van der Waals surface area (Å²) < 4.78 is 41.8. The number of hydrogen-bond donors (Lipinski definition) is 2. The van der Waals surface area contributed by atoms with Crippen LogP contribution in [0.25, 0.3) is 0 Å². The number of benzene rings is 2. The van der Waals surface area contributed by atoms with E-state index in [2.05, 4.69) is 32.1 Å². The summed E-state index contributed by atoms with van der Waals surface area (Å²) in [6.07, 6.45) is 0.885. The second-order valence-corrected chi connectivity index (χ2v) is 9.87. The van der Waals surface area contributed by atoms with Gasteiger partial charge in [0, 0.05) is 31.1 Å². The molecule has 0 spiro atoms. The molecule has 0 aliphatic carbocycles. The van der Waals surface area contributed by atoms with E-state index in [1.165, 1.54) is 27.8 Å². The monoisotopic (exact) mass is 466 g/mol. The lowest BCUT2D eigenvalue weighted by molar-refractivity contribution is 0.328. The first-order chi connectivity index (χ1) is 14.4. The van der Waals surface area contributed by atoms with Gasteiger partial charge in [0.2, 0.25) is 0 Å². The van der Waals surface area contributed by atoms with Gasteiger partial charge in [-0.05, 0) is 24.1 Å². The highest BCUT2D eigenvalue weighted by molar-refractivity contribution is 7.92. The Hall–Kier alpha value is -2.20. The summed E-state index contributed by atoms with van der Waals surface area (Å²) in [5.74, 6) is -0.731. The van der Waals surface area contributed by atoms with Crippen LogP contribution in [0.2, 0.25) is 5.02 Å². The van der Waals surface area contributed by atoms with Crippen molar-refractivity contribution in [2.75, 3.05) is 23.1 Å². The Balaban J connectivity index is 1.44. The predicted molar refractivity (Wildman–Crippen MR) is 118 cm³/mol. The second-order valence-electron chi connectivity index (χ2n) is 7.09. The standard InChI is InChI=1S/C20H20ClFN4O2S2/c21-16-8-19(30(27,28)25-20-12-29-13-23-20)17(22)9-18(16)24-15-6-7-26(11-15)10-14-4-2-1-3-5-14/h1-5,8-9,12-13,15,24-25H,6-7,10-11H2/t15-/m0/s1. The van der Waals surface area contributed by atoms with E-state index in [0.29, 0.717) is 5.69 Å². The van der Waals surface area contributed by atoms with Gasteiger partial charge in [-0.1, -0.05) is 41.9 Å². The average molecular weight is 467 g/mol. The van der Waals surface area contributed by atoms with Crippen LogP contribution in [0, 0.1) is 5.82 Å². The van der Waals surface area contributed by atoms with Crippen LogP contribution in [0.5, 0.6) is 0 Å². The zero-order chi connectivity index (χ0) is 21.1. The first kappa shape index (κ1) is 21.0. The van der Waals surface area contributed by atoms with Crippen molar-refractivity contribution in [3.8, 4) is 0 Å². The highest BCUT2D eigenvalue weighted by Gasteiger charge is 2.26. The van der Waals surface area contributed by atoms with E-state index >= 15 is 0 Å². The number of anilines is 2. The second kappa shape index (κ2) is 8.89. The maximum atomic E-state index is 14.6. The predicted octanol–water partition coefficient (Wildman–Crippen LogP) is 4.42. The van der Waals surface area contributed by atoms with Crippen molar-refractivity contribution >= 4 is 44.5 Å². The lowest BCUT2D eigenvalue weighted by atomic mass is 10.2. The van der Waals surface area contributed by atoms with Crippen molar-refractivity contribution in [3.63, 3.8) is 0 Å². The van der Waals surface area contributed by atoms with E-state index in [1.807, 2.05) is 18.2 Å². The lowest BCUT2D eigenvalue weighted by Crippen LogP contribution is -2.26. The summed E-state index contributed by atoms with van der Waals surface area (Å²) in [4.78, 5) is 5.66. The Kier molecular flexibility index (Phi) is 6.24. The van der Waals surface area contributed by atoms with Crippen molar-refractivity contribution in [3.05, 3.63) is 69.8 Å². The normalized spacial score (nSPS) is 17.2. The van der Waals surface area contributed by atoms with E-state index in [1.54, 1.807) is 0 Å². The number of halogens is 2. The Morgan fingerprint density at radius 3 is 2.80 bits per heavy atom. The van der Waals surface area contributed by atoms with Crippen LogP contribution in [-0.4, -0.2) is 37.4 Å². The van der Waals surface area contributed by atoms with E-state index < -0.39 is 20.7 Å². The molecule has 3 aromatic rings. The average Bonchev–Trinajstić information content (AvgIpc) is 3.37. The summed E-state index contributed by atoms with van der Waals surface area (Å²) in [5, 5.41) is 4.92. The van der Waals surface area contributed by atoms with Crippen LogP contribution in [0.1, 0.15) is 12.0 Å². The molecular weight excluding hydrogens is 447 g/mol. The van der Waals surface area contributed by atoms with Crippen LogP contribution < -0.4 is 10.0 Å². The zero-order valence-corrected chi connectivity index (χ0v) is 18.3. The number of sulfonamides is 1. The largest absolute Gasteiger partial charge is 0.380 e. The van der Waals surface area contributed by atoms with Crippen LogP contribution in [0.4, 0.5) is 15.9 Å². The summed E-state index contributed by atoms with van der Waals surface area (Å²) in [7, 11) is -4.13. The quantitative estimate of drug-likeness (QED) is 0.539. The molecule has 0 bridgehead atoms. The molecule has 1 aromatic heterocycles. The molecule has 6 nitrogen and oxygen atoms in total. The van der Waals surface area contributed by atoms with Gasteiger partial charge in [0.25, 0.3) is 10.0 Å². The van der Waals surface area contributed by atoms with Crippen molar-refractivity contribution in [2.24, 2.45) is 0 Å². The van der Waals surface area contributed by atoms with E-state index in [9.17, 15) is 12.8 Å². The molecule has 0 radical (unpaired) electrons. The molecule has 2 N–H and O–H groups in total. The highest BCUT2D eigenvalue weighted by Crippen LogP contribution is 2.30. The first-order valence-corrected chi connectivity index (χ1v) is 12.1. The minimum absolute atomic E-state index is 0.0983. The fourth-order valence-corrected chi connectivity index (χ4v) is 5.38. The van der Waals surface area contributed by atoms with Gasteiger partial charge in [-0.2, -0.15) is 0 Å². The molecule has 1 aliphatic rings. The molecule has 2 aromatic carbocycles. The lowest BCUT2D eigenvalue weighted by Gasteiger charge is -2.18. The third-order valence-corrected chi connectivity index (χ3v) is 7.13. The number of nitrogens with one attached hydrogen (secondary N) is 2. The Bertz CT molecular complexity index is 1110. The van der Waals surface area contributed by atoms with Gasteiger partial charge in [0.05, 0.1) is 16.2 Å². The summed E-state index contributed by atoms with van der Waals surface area (Å²) >= 11 is 7.52. The zero-order valence-electron chi connectivity index (χ0n) is 15.9. The van der Waals surface area contributed by atoms with E-state index in [0.717, 1.165) is 38.2 Å². The minimum atomic E-state index is -4.13. The molecule has 0 unspecified atom stereocenters. The number of aromatic nitrogens is 1.